The molecule has 0 unspecified atom stereocenters. The van der Waals surface area contributed by atoms with Crippen molar-refractivity contribution in [3.63, 3.8) is 0 Å². The largest absolute Gasteiger partial charge is 0.423 e. The minimum atomic E-state index is -3.58. The van der Waals surface area contributed by atoms with Crippen molar-refractivity contribution in [2.45, 2.75) is 11.8 Å². The van der Waals surface area contributed by atoms with Gasteiger partial charge in [-0.05, 0) is 36.8 Å². The van der Waals surface area contributed by atoms with Gasteiger partial charge in [0.25, 0.3) is 0 Å². The van der Waals surface area contributed by atoms with Gasteiger partial charge in [-0.1, -0.05) is 12.1 Å². The summed E-state index contributed by atoms with van der Waals surface area (Å²) in [5.74, 6) is -0.662. The first-order chi connectivity index (χ1) is 11.8. The summed E-state index contributed by atoms with van der Waals surface area (Å²) in [5.41, 5.74) is 0.463. The van der Waals surface area contributed by atoms with Crippen LogP contribution in [0.1, 0.15) is 15.9 Å². The van der Waals surface area contributed by atoms with Gasteiger partial charge in [0.05, 0.1) is 10.5 Å². The summed E-state index contributed by atoms with van der Waals surface area (Å²) in [7, 11) is -3.58. The predicted molar refractivity (Wildman–Crippen MR) is 91.7 cm³/mol. The Morgan fingerprint density at radius 2 is 1.80 bits per heavy atom. The van der Waals surface area contributed by atoms with Crippen LogP contribution in [0.15, 0.2) is 62.6 Å². The average Bonchev–Trinajstić information content (AvgIpc) is 2.53. The molecule has 1 heterocycles. The van der Waals surface area contributed by atoms with Crippen LogP contribution in [-0.2, 0) is 9.84 Å². The Hall–Kier alpha value is -2.93. The van der Waals surface area contributed by atoms with E-state index in [4.69, 9.17) is 9.15 Å². The van der Waals surface area contributed by atoms with E-state index in [1.165, 1.54) is 30.3 Å². The molecule has 128 valence electrons. The predicted octanol–water partition coefficient (Wildman–Crippen LogP) is 2.72. The third-order valence-corrected chi connectivity index (χ3v) is 4.79. The molecule has 0 aliphatic carbocycles. The first-order valence-corrected chi connectivity index (χ1v) is 9.20. The molecular weight excluding hydrogens is 344 g/mol. The average molecular weight is 358 g/mol. The van der Waals surface area contributed by atoms with Crippen LogP contribution in [0.3, 0.4) is 0 Å². The number of carbonyl (C=O) groups is 1. The topological polar surface area (TPSA) is 90.7 Å². The summed E-state index contributed by atoms with van der Waals surface area (Å²) < 4.78 is 34.0. The summed E-state index contributed by atoms with van der Waals surface area (Å²) in [6.45, 7) is 1.77. The molecule has 0 amide bonds. The molecule has 0 N–H and O–H groups in total. The van der Waals surface area contributed by atoms with E-state index in [0.29, 0.717) is 0 Å². The third-order valence-electron chi connectivity index (χ3n) is 3.64. The Bertz CT molecular complexity index is 1140. The standard InChI is InChI=1S/C18H14O6S/c1-11-9-17(19)24-15-10-12(7-8-13(11)15)23-18(20)14-5-3-4-6-16(14)25(2,21)22/h3-10H,1-2H3. The molecule has 0 aliphatic heterocycles. The molecule has 0 bridgehead atoms. The van der Waals surface area contributed by atoms with Gasteiger partial charge in [0.2, 0.25) is 0 Å². The van der Waals surface area contributed by atoms with Gasteiger partial charge < -0.3 is 9.15 Å². The second-order valence-corrected chi connectivity index (χ2v) is 7.55. The number of hydrogen-bond donors (Lipinski definition) is 0. The Kier molecular flexibility index (Phi) is 4.18. The first-order valence-electron chi connectivity index (χ1n) is 7.31. The molecule has 3 rings (SSSR count). The molecule has 1 aromatic heterocycles. The lowest BCUT2D eigenvalue weighted by molar-refractivity contribution is 0.0731. The maximum absolute atomic E-state index is 12.4. The summed E-state index contributed by atoms with van der Waals surface area (Å²) in [5, 5.41) is 0.718. The molecule has 0 aliphatic rings. The number of ether oxygens (including phenoxy) is 1. The quantitative estimate of drug-likeness (QED) is 0.406. The molecule has 0 radical (unpaired) electrons. The number of sulfone groups is 1. The highest BCUT2D eigenvalue weighted by molar-refractivity contribution is 7.90. The summed E-state index contributed by atoms with van der Waals surface area (Å²) in [6.07, 6.45) is 1.02. The van der Waals surface area contributed by atoms with E-state index in [-0.39, 0.29) is 21.8 Å². The molecular formula is C18H14O6S. The minimum Gasteiger partial charge on any atom is -0.423 e. The zero-order valence-electron chi connectivity index (χ0n) is 13.5. The molecule has 7 heteroatoms. The SMILES string of the molecule is Cc1cc(=O)oc2cc(OC(=O)c3ccccc3S(C)(=O)=O)ccc12. The highest BCUT2D eigenvalue weighted by atomic mass is 32.2. The number of aryl methyl sites for hydroxylation is 1. The van der Waals surface area contributed by atoms with Crippen LogP contribution in [0.25, 0.3) is 11.0 Å². The van der Waals surface area contributed by atoms with Crippen molar-refractivity contribution in [1.29, 1.82) is 0 Å². The number of fused-ring (bicyclic) bond motifs is 1. The lowest BCUT2D eigenvalue weighted by Gasteiger charge is -2.09. The van der Waals surface area contributed by atoms with Crippen molar-refractivity contribution < 1.29 is 22.4 Å². The van der Waals surface area contributed by atoms with E-state index >= 15 is 0 Å². The molecule has 0 saturated heterocycles. The number of rotatable bonds is 3. The van der Waals surface area contributed by atoms with Crippen LogP contribution < -0.4 is 10.4 Å². The summed E-state index contributed by atoms with van der Waals surface area (Å²) in [6, 6.07) is 11.8. The van der Waals surface area contributed by atoms with Gasteiger partial charge in [-0.3, -0.25) is 0 Å². The summed E-state index contributed by atoms with van der Waals surface area (Å²) in [4.78, 5) is 23.7. The second-order valence-electron chi connectivity index (χ2n) is 5.56. The number of benzene rings is 2. The van der Waals surface area contributed by atoms with Gasteiger partial charge in [-0.15, -0.1) is 0 Å². The van der Waals surface area contributed by atoms with E-state index in [0.717, 1.165) is 17.2 Å². The molecule has 0 spiro atoms. The van der Waals surface area contributed by atoms with Crippen LogP contribution in [0, 0.1) is 6.92 Å². The zero-order chi connectivity index (χ0) is 18.2. The van der Waals surface area contributed by atoms with Gasteiger partial charge in [-0.25, -0.2) is 18.0 Å². The number of hydrogen-bond acceptors (Lipinski definition) is 6. The molecule has 3 aromatic rings. The van der Waals surface area contributed by atoms with Gasteiger partial charge in [-0.2, -0.15) is 0 Å². The molecule has 0 atom stereocenters. The Morgan fingerprint density at radius 1 is 1.08 bits per heavy atom. The van der Waals surface area contributed by atoms with Crippen LogP contribution >= 0.6 is 0 Å². The fourth-order valence-electron chi connectivity index (χ4n) is 2.49. The lowest BCUT2D eigenvalue weighted by Crippen LogP contribution is -2.13. The van der Waals surface area contributed by atoms with E-state index < -0.39 is 21.4 Å². The molecule has 0 saturated carbocycles. The Balaban J connectivity index is 2.00. The van der Waals surface area contributed by atoms with Crippen LogP contribution in [0.2, 0.25) is 0 Å². The fraction of sp³-hybridized carbons (Fsp3) is 0.111. The first kappa shape index (κ1) is 16.9. The van der Waals surface area contributed by atoms with Crippen LogP contribution in [0.5, 0.6) is 5.75 Å². The Morgan fingerprint density at radius 3 is 2.52 bits per heavy atom. The molecule has 6 nitrogen and oxygen atoms in total. The highest BCUT2D eigenvalue weighted by Gasteiger charge is 2.20. The van der Waals surface area contributed by atoms with Gasteiger partial charge in [0, 0.05) is 23.8 Å². The fourth-order valence-corrected chi connectivity index (χ4v) is 3.37. The molecule has 25 heavy (non-hydrogen) atoms. The normalized spacial score (nSPS) is 11.4. The lowest BCUT2D eigenvalue weighted by atomic mass is 10.1. The van der Waals surface area contributed by atoms with Gasteiger partial charge in [0.15, 0.2) is 9.84 Å². The summed E-state index contributed by atoms with van der Waals surface area (Å²) >= 11 is 0. The maximum Gasteiger partial charge on any atom is 0.344 e. The minimum absolute atomic E-state index is 0.0595. The number of esters is 1. The highest BCUT2D eigenvalue weighted by Crippen LogP contribution is 2.24. The van der Waals surface area contributed by atoms with Crippen molar-refractivity contribution in [3.8, 4) is 5.75 Å². The molecule has 2 aromatic carbocycles. The van der Waals surface area contributed by atoms with Crippen molar-refractivity contribution in [3.05, 3.63) is 70.1 Å². The van der Waals surface area contributed by atoms with Crippen molar-refractivity contribution in [1.82, 2.24) is 0 Å². The maximum atomic E-state index is 12.4. The van der Waals surface area contributed by atoms with E-state index in [1.807, 2.05) is 0 Å². The van der Waals surface area contributed by atoms with Gasteiger partial charge in [0.1, 0.15) is 11.3 Å². The van der Waals surface area contributed by atoms with Gasteiger partial charge >= 0.3 is 11.6 Å². The number of carbonyl (C=O) groups excluding carboxylic acids is 1. The van der Waals surface area contributed by atoms with E-state index in [9.17, 15) is 18.0 Å². The smallest absolute Gasteiger partial charge is 0.344 e. The third kappa shape index (κ3) is 3.46. The van der Waals surface area contributed by atoms with Crippen molar-refractivity contribution in [2.75, 3.05) is 6.26 Å². The zero-order valence-corrected chi connectivity index (χ0v) is 14.3. The molecule has 0 fully saturated rings. The van der Waals surface area contributed by atoms with E-state index in [2.05, 4.69) is 0 Å². The van der Waals surface area contributed by atoms with Crippen molar-refractivity contribution >= 4 is 26.8 Å². The van der Waals surface area contributed by atoms with Crippen LogP contribution in [-0.4, -0.2) is 20.6 Å². The van der Waals surface area contributed by atoms with Crippen LogP contribution in [0.4, 0.5) is 0 Å². The monoisotopic (exact) mass is 358 g/mol. The van der Waals surface area contributed by atoms with E-state index in [1.54, 1.807) is 25.1 Å². The Labute approximate surface area is 143 Å². The second kappa shape index (κ2) is 6.18. The van der Waals surface area contributed by atoms with Crippen molar-refractivity contribution in [2.24, 2.45) is 0 Å².